The molecule has 0 saturated carbocycles. The lowest BCUT2D eigenvalue weighted by Crippen LogP contribution is -2.38. The Morgan fingerprint density at radius 1 is 0.964 bits per heavy atom. The highest BCUT2D eigenvalue weighted by molar-refractivity contribution is 6.21. The number of nitrogens with zero attached hydrogens (tertiary/aromatic N) is 1. The number of carbonyl (C=O) groups excluding carboxylic acids is 3. The molecule has 0 aromatic heterocycles. The summed E-state index contributed by atoms with van der Waals surface area (Å²) in [6.07, 6.45) is -0.143. The molecule has 6 nitrogen and oxygen atoms in total. The van der Waals surface area contributed by atoms with Crippen molar-refractivity contribution in [3.05, 3.63) is 71.3 Å². The van der Waals surface area contributed by atoms with Gasteiger partial charge in [-0.25, -0.2) is 4.79 Å². The molecule has 1 aliphatic heterocycles. The Hall–Kier alpha value is -3.15. The molecule has 1 N–H and O–H groups in total. The molecular formula is C22H24N2O4. The summed E-state index contributed by atoms with van der Waals surface area (Å²) in [6, 6.07) is 15.7. The minimum atomic E-state index is -0.592. The van der Waals surface area contributed by atoms with Crippen LogP contribution >= 0.6 is 0 Å². The van der Waals surface area contributed by atoms with Gasteiger partial charge >= 0.3 is 6.09 Å². The van der Waals surface area contributed by atoms with Crippen molar-refractivity contribution in [1.82, 2.24) is 10.2 Å². The SMILES string of the molecule is CC(C)(C)OC(=O)NCC[C@H](c1ccccc1)N1C(=O)c2ccccc2C1=O. The van der Waals surface area contributed by atoms with E-state index >= 15 is 0 Å². The van der Waals surface area contributed by atoms with Gasteiger partial charge in [-0.1, -0.05) is 42.5 Å². The van der Waals surface area contributed by atoms with Gasteiger partial charge in [0.25, 0.3) is 11.8 Å². The Bertz CT molecular complexity index is 852. The van der Waals surface area contributed by atoms with Crippen molar-refractivity contribution in [2.75, 3.05) is 6.54 Å². The fourth-order valence-corrected chi connectivity index (χ4v) is 3.24. The number of rotatable bonds is 5. The molecule has 1 aliphatic rings. The molecule has 0 spiro atoms. The second-order valence-electron chi connectivity index (χ2n) is 7.67. The molecule has 146 valence electrons. The number of hydrogen-bond donors (Lipinski definition) is 1. The van der Waals surface area contributed by atoms with Gasteiger partial charge in [-0.2, -0.15) is 0 Å². The fourth-order valence-electron chi connectivity index (χ4n) is 3.24. The number of alkyl carbamates (subject to hydrolysis) is 1. The summed E-state index contributed by atoms with van der Waals surface area (Å²) >= 11 is 0. The van der Waals surface area contributed by atoms with E-state index in [0.717, 1.165) is 5.56 Å². The molecule has 3 rings (SSSR count). The Morgan fingerprint density at radius 2 is 1.50 bits per heavy atom. The molecule has 0 fully saturated rings. The molecule has 2 aromatic carbocycles. The predicted octanol–water partition coefficient (Wildman–Crippen LogP) is 3.94. The van der Waals surface area contributed by atoms with Crippen molar-refractivity contribution in [3.63, 3.8) is 0 Å². The third kappa shape index (κ3) is 4.22. The number of hydrogen-bond acceptors (Lipinski definition) is 4. The first-order valence-electron chi connectivity index (χ1n) is 9.26. The Kier molecular flexibility index (Phi) is 5.49. The van der Waals surface area contributed by atoms with Crippen molar-refractivity contribution >= 4 is 17.9 Å². The van der Waals surface area contributed by atoms with E-state index in [1.165, 1.54) is 4.90 Å². The minimum absolute atomic E-state index is 0.266. The maximum atomic E-state index is 12.9. The molecule has 1 heterocycles. The van der Waals surface area contributed by atoms with E-state index in [2.05, 4.69) is 5.32 Å². The highest BCUT2D eigenvalue weighted by Gasteiger charge is 2.40. The lowest BCUT2D eigenvalue weighted by atomic mass is 10.0. The predicted molar refractivity (Wildman–Crippen MR) is 105 cm³/mol. The number of nitrogens with one attached hydrogen (secondary N) is 1. The number of amides is 3. The van der Waals surface area contributed by atoms with E-state index in [1.807, 2.05) is 30.3 Å². The molecule has 28 heavy (non-hydrogen) atoms. The number of ether oxygens (including phenoxy) is 1. The van der Waals surface area contributed by atoms with Crippen LogP contribution in [0.1, 0.15) is 59.5 Å². The van der Waals surface area contributed by atoms with Crippen LogP contribution in [-0.2, 0) is 4.74 Å². The first-order chi connectivity index (χ1) is 13.3. The zero-order valence-corrected chi connectivity index (χ0v) is 16.3. The van der Waals surface area contributed by atoms with Crippen LogP contribution in [0.3, 0.4) is 0 Å². The van der Waals surface area contributed by atoms with Gasteiger partial charge in [0.2, 0.25) is 0 Å². The second kappa shape index (κ2) is 7.84. The Labute approximate surface area is 164 Å². The lowest BCUT2D eigenvalue weighted by molar-refractivity contribution is 0.0517. The van der Waals surface area contributed by atoms with Crippen molar-refractivity contribution in [2.45, 2.75) is 38.8 Å². The number of imide groups is 1. The van der Waals surface area contributed by atoms with Gasteiger partial charge in [-0.3, -0.25) is 14.5 Å². The summed E-state index contributed by atoms with van der Waals surface area (Å²) in [7, 11) is 0. The summed E-state index contributed by atoms with van der Waals surface area (Å²) in [5.74, 6) is -0.626. The van der Waals surface area contributed by atoms with Gasteiger partial charge in [0.05, 0.1) is 17.2 Å². The van der Waals surface area contributed by atoms with E-state index in [4.69, 9.17) is 4.74 Å². The molecule has 0 radical (unpaired) electrons. The first kappa shape index (κ1) is 19.6. The molecule has 3 amide bonds. The average Bonchev–Trinajstić information content (AvgIpc) is 2.90. The molecule has 1 atom stereocenters. The molecule has 0 unspecified atom stereocenters. The van der Waals surface area contributed by atoms with Crippen LogP contribution in [0, 0.1) is 0 Å². The number of fused-ring (bicyclic) bond motifs is 1. The summed E-state index contributed by atoms with van der Waals surface area (Å²) in [4.78, 5) is 39.0. The largest absolute Gasteiger partial charge is 0.444 e. The highest BCUT2D eigenvalue weighted by Crippen LogP contribution is 2.33. The van der Waals surface area contributed by atoms with Gasteiger partial charge in [-0.15, -0.1) is 0 Å². The van der Waals surface area contributed by atoms with E-state index in [1.54, 1.807) is 45.0 Å². The lowest BCUT2D eigenvalue weighted by Gasteiger charge is -2.27. The monoisotopic (exact) mass is 380 g/mol. The van der Waals surface area contributed by atoms with E-state index in [9.17, 15) is 14.4 Å². The minimum Gasteiger partial charge on any atom is -0.444 e. The second-order valence-corrected chi connectivity index (χ2v) is 7.67. The molecule has 0 bridgehead atoms. The topological polar surface area (TPSA) is 75.7 Å². The van der Waals surface area contributed by atoms with Crippen LogP contribution in [0.2, 0.25) is 0 Å². The third-order valence-corrected chi connectivity index (χ3v) is 4.41. The Balaban J connectivity index is 1.79. The van der Waals surface area contributed by atoms with E-state index in [-0.39, 0.29) is 18.4 Å². The first-order valence-corrected chi connectivity index (χ1v) is 9.26. The van der Waals surface area contributed by atoms with Gasteiger partial charge < -0.3 is 10.1 Å². The summed E-state index contributed by atoms with van der Waals surface area (Å²) in [5.41, 5.74) is 1.07. The van der Waals surface area contributed by atoms with Crippen LogP contribution in [0.4, 0.5) is 4.79 Å². The van der Waals surface area contributed by atoms with E-state index < -0.39 is 17.7 Å². The van der Waals surface area contributed by atoms with Gasteiger partial charge in [0.1, 0.15) is 5.60 Å². The van der Waals surface area contributed by atoms with Gasteiger partial charge in [-0.05, 0) is 44.9 Å². The van der Waals surface area contributed by atoms with Crippen LogP contribution in [0.15, 0.2) is 54.6 Å². The van der Waals surface area contributed by atoms with Gasteiger partial charge in [0, 0.05) is 6.54 Å². The van der Waals surface area contributed by atoms with Crippen LogP contribution in [-0.4, -0.2) is 35.0 Å². The summed E-state index contributed by atoms with van der Waals surface area (Å²) in [5, 5.41) is 2.70. The van der Waals surface area contributed by atoms with Gasteiger partial charge in [0.15, 0.2) is 0 Å². The summed E-state index contributed by atoms with van der Waals surface area (Å²) in [6.45, 7) is 5.64. The molecule has 6 heteroatoms. The highest BCUT2D eigenvalue weighted by atomic mass is 16.6. The zero-order valence-electron chi connectivity index (χ0n) is 16.3. The van der Waals surface area contributed by atoms with Crippen LogP contribution in [0.25, 0.3) is 0 Å². The number of benzene rings is 2. The van der Waals surface area contributed by atoms with Crippen molar-refractivity contribution in [2.24, 2.45) is 0 Å². The van der Waals surface area contributed by atoms with Crippen molar-refractivity contribution < 1.29 is 19.1 Å². The van der Waals surface area contributed by atoms with Crippen LogP contribution < -0.4 is 5.32 Å². The Morgan fingerprint density at radius 3 is 2.04 bits per heavy atom. The smallest absolute Gasteiger partial charge is 0.407 e. The summed E-state index contributed by atoms with van der Waals surface area (Å²) < 4.78 is 5.25. The molecule has 0 aliphatic carbocycles. The third-order valence-electron chi connectivity index (χ3n) is 4.41. The van der Waals surface area contributed by atoms with Crippen LogP contribution in [0.5, 0.6) is 0 Å². The fraction of sp³-hybridized carbons (Fsp3) is 0.318. The number of carbonyl (C=O) groups is 3. The standard InChI is InChI=1S/C22H24N2O4/c1-22(2,3)28-21(27)23-14-13-18(15-9-5-4-6-10-15)24-19(25)16-11-7-8-12-17(16)20(24)26/h4-12,18H,13-14H2,1-3H3,(H,23,27)/t18-/m1/s1. The maximum absolute atomic E-state index is 12.9. The zero-order chi connectivity index (χ0) is 20.3. The van der Waals surface area contributed by atoms with E-state index in [0.29, 0.717) is 17.5 Å². The quantitative estimate of drug-likeness (QED) is 0.797. The average molecular weight is 380 g/mol. The van der Waals surface area contributed by atoms with Crippen molar-refractivity contribution in [1.29, 1.82) is 0 Å². The van der Waals surface area contributed by atoms with Crippen molar-refractivity contribution in [3.8, 4) is 0 Å². The molecular weight excluding hydrogens is 356 g/mol. The maximum Gasteiger partial charge on any atom is 0.407 e. The molecule has 2 aromatic rings. The normalized spacial score (nSPS) is 14.6. The molecule has 0 saturated heterocycles.